The third-order valence-electron chi connectivity index (χ3n) is 1.55. The summed E-state index contributed by atoms with van der Waals surface area (Å²) in [6.45, 7) is 0. The number of carbonyl (C=O) groups excluding carboxylic acids is 1. The summed E-state index contributed by atoms with van der Waals surface area (Å²) in [6, 6.07) is 6.70. The van der Waals surface area contributed by atoms with E-state index in [1.807, 2.05) is 6.26 Å². The van der Waals surface area contributed by atoms with E-state index < -0.39 is 0 Å². The first-order chi connectivity index (χ1) is 6.26. The van der Waals surface area contributed by atoms with Crippen LogP contribution in [0.4, 0.5) is 0 Å². The molecule has 0 radical (unpaired) electrons. The number of aldehydes is 1. The van der Waals surface area contributed by atoms with Crippen molar-refractivity contribution in [3.63, 3.8) is 0 Å². The van der Waals surface area contributed by atoms with Crippen molar-refractivity contribution in [3.05, 3.63) is 34.7 Å². The number of phenolic OH excluding ortho intramolecular Hbond substituents is 1. The van der Waals surface area contributed by atoms with E-state index >= 15 is 0 Å². The van der Waals surface area contributed by atoms with Crippen LogP contribution in [0.1, 0.15) is 5.56 Å². The molecule has 0 aliphatic carbocycles. The van der Waals surface area contributed by atoms with Gasteiger partial charge in [0.1, 0.15) is 5.75 Å². The molecule has 1 N–H and O–H groups in total. The second kappa shape index (κ2) is 4.72. The monoisotopic (exact) mass is 194 g/mol. The second-order valence-corrected chi connectivity index (χ2v) is 3.34. The fourth-order valence-corrected chi connectivity index (χ4v) is 1.23. The van der Waals surface area contributed by atoms with Gasteiger partial charge in [-0.3, -0.25) is 4.79 Å². The lowest BCUT2D eigenvalue weighted by Gasteiger charge is -1.95. The van der Waals surface area contributed by atoms with Crippen LogP contribution in [0.15, 0.2) is 29.2 Å². The molecule has 0 bridgehead atoms. The van der Waals surface area contributed by atoms with E-state index in [1.54, 1.807) is 30.3 Å². The molecule has 0 amide bonds. The first-order valence-electron chi connectivity index (χ1n) is 3.76. The summed E-state index contributed by atoms with van der Waals surface area (Å²) < 4.78 is 0. The van der Waals surface area contributed by atoms with E-state index in [2.05, 4.69) is 0 Å². The zero-order valence-electron chi connectivity index (χ0n) is 7.23. The van der Waals surface area contributed by atoms with Gasteiger partial charge in [0.15, 0.2) is 6.29 Å². The van der Waals surface area contributed by atoms with Crippen LogP contribution < -0.4 is 0 Å². The molecule has 0 saturated carbocycles. The van der Waals surface area contributed by atoms with Crippen molar-refractivity contribution in [2.75, 3.05) is 6.26 Å². The van der Waals surface area contributed by atoms with Crippen molar-refractivity contribution in [3.8, 4) is 5.75 Å². The van der Waals surface area contributed by atoms with E-state index in [4.69, 9.17) is 5.11 Å². The van der Waals surface area contributed by atoms with Crippen molar-refractivity contribution in [2.24, 2.45) is 0 Å². The molecule has 0 spiro atoms. The van der Waals surface area contributed by atoms with Crippen LogP contribution in [0.5, 0.6) is 5.75 Å². The molecule has 0 aliphatic heterocycles. The number of hydrogen-bond acceptors (Lipinski definition) is 3. The maximum Gasteiger partial charge on any atom is 0.156 e. The summed E-state index contributed by atoms with van der Waals surface area (Å²) in [7, 11) is 0. The molecule has 68 valence electrons. The van der Waals surface area contributed by atoms with Crippen LogP contribution in [0.25, 0.3) is 6.08 Å². The number of hydrogen-bond donors (Lipinski definition) is 1. The SMILES string of the molecule is CS/C(C=O)=C\c1ccc(O)cc1. The molecule has 1 rings (SSSR count). The van der Waals surface area contributed by atoms with Gasteiger partial charge in [0.05, 0.1) is 0 Å². The number of phenols is 1. The molecule has 1 aromatic rings. The fraction of sp³-hybridized carbons (Fsp3) is 0.100. The predicted octanol–water partition coefficient (Wildman–Crippen LogP) is 2.29. The molecule has 0 aliphatic rings. The van der Waals surface area contributed by atoms with Crippen LogP contribution in [-0.2, 0) is 4.79 Å². The Morgan fingerprint density at radius 3 is 2.46 bits per heavy atom. The van der Waals surface area contributed by atoms with E-state index in [9.17, 15) is 4.79 Å². The van der Waals surface area contributed by atoms with Gasteiger partial charge >= 0.3 is 0 Å². The number of allylic oxidation sites excluding steroid dienone is 1. The first-order valence-corrected chi connectivity index (χ1v) is 4.98. The summed E-state index contributed by atoms with van der Waals surface area (Å²) in [6.07, 6.45) is 4.44. The molecule has 0 saturated heterocycles. The molecule has 13 heavy (non-hydrogen) atoms. The van der Waals surface area contributed by atoms with Gasteiger partial charge in [0.2, 0.25) is 0 Å². The van der Waals surface area contributed by atoms with Crippen molar-refractivity contribution < 1.29 is 9.90 Å². The van der Waals surface area contributed by atoms with Crippen LogP contribution in [0.2, 0.25) is 0 Å². The molecule has 1 aromatic carbocycles. The molecule has 2 nitrogen and oxygen atoms in total. The van der Waals surface area contributed by atoms with Crippen LogP contribution in [0, 0.1) is 0 Å². The van der Waals surface area contributed by atoms with Crippen LogP contribution >= 0.6 is 11.8 Å². The lowest BCUT2D eigenvalue weighted by Crippen LogP contribution is -1.77. The van der Waals surface area contributed by atoms with Gasteiger partial charge in [-0.25, -0.2) is 0 Å². The maximum atomic E-state index is 10.5. The smallest absolute Gasteiger partial charge is 0.156 e. The normalized spacial score (nSPS) is 11.3. The van der Waals surface area contributed by atoms with Gasteiger partial charge in [-0.15, -0.1) is 11.8 Å². The van der Waals surface area contributed by atoms with E-state index in [0.29, 0.717) is 4.91 Å². The number of benzene rings is 1. The molecule has 0 aromatic heterocycles. The summed E-state index contributed by atoms with van der Waals surface area (Å²) >= 11 is 1.40. The number of carbonyl (C=O) groups is 1. The van der Waals surface area contributed by atoms with Gasteiger partial charge in [-0.1, -0.05) is 12.1 Å². The Morgan fingerprint density at radius 2 is 2.00 bits per heavy atom. The highest BCUT2D eigenvalue weighted by molar-refractivity contribution is 8.03. The maximum absolute atomic E-state index is 10.5. The lowest BCUT2D eigenvalue weighted by molar-refractivity contribution is -0.104. The Kier molecular flexibility index (Phi) is 3.58. The van der Waals surface area contributed by atoms with Gasteiger partial charge in [-0.2, -0.15) is 0 Å². The van der Waals surface area contributed by atoms with Crippen molar-refractivity contribution in [1.82, 2.24) is 0 Å². The van der Waals surface area contributed by atoms with E-state index in [1.165, 1.54) is 11.8 Å². The van der Waals surface area contributed by atoms with Gasteiger partial charge < -0.3 is 5.11 Å². The van der Waals surface area contributed by atoms with Crippen LogP contribution in [0.3, 0.4) is 0 Å². The fourth-order valence-electron chi connectivity index (χ4n) is 0.876. The van der Waals surface area contributed by atoms with Gasteiger partial charge in [0.25, 0.3) is 0 Å². The Labute approximate surface area is 81.3 Å². The molecule has 3 heteroatoms. The summed E-state index contributed by atoms with van der Waals surface area (Å²) in [5.41, 5.74) is 0.911. The average molecular weight is 194 g/mol. The third-order valence-corrected chi connectivity index (χ3v) is 2.24. The van der Waals surface area contributed by atoms with Gasteiger partial charge in [-0.05, 0) is 30.0 Å². The van der Waals surface area contributed by atoms with E-state index in [-0.39, 0.29) is 5.75 Å². The summed E-state index contributed by atoms with van der Waals surface area (Å²) in [5, 5.41) is 9.01. The summed E-state index contributed by atoms with van der Waals surface area (Å²) in [4.78, 5) is 11.1. The first kappa shape index (κ1) is 9.86. The molecule has 0 heterocycles. The van der Waals surface area contributed by atoms with Crippen molar-refractivity contribution >= 4 is 24.1 Å². The molecular weight excluding hydrogens is 184 g/mol. The Bertz CT molecular complexity index is 314. The highest BCUT2D eigenvalue weighted by Crippen LogP contribution is 2.16. The highest BCUT2D eigenvalue weighted by atomic mass is 32.2. The number of aromatic hydroxyl groups is 1. The zero-order chi connectivity index (χ0) is 9.68. The van der Waals surface area contributed by atoms with Crippen molar-refractivity contribution in [1.29, 1.82) is 0 Å². The quantitative estimate of drug-likeness (QED) is 0.592. The van der Waals surface area contributed by atoms with Crippen molar-refractivity contribution in [2.45, 2.75) is 0 Å². The largest absolute Gasteiger partial charge is 0.508 e. The van der Waals surface area contributed by atoms with Gasteiger partial charge in [0, 0.05) is 4.91 Å². The number of rotatable bonds is 3. The highest BCUT2D eigenvalue weighted by Gasteiger charge is 1.93. The third kappa shape index (κ3) is 2.95. The minimum absolute atomic E-state index is 0.231. The molecule has 0 fully saturated rings. The Balaban J connectivity index is 2.90. The molecular formula is C10H10O2S. The Hall–Kier alpha value is -1.22. The van der Waals surface area contributed by atoms with Crippen LogP contribution in [-0.4, -0.2) is 17.6 Å². The second-order valence-electron chi connectivity index (χ2n) is 2.46. The summed E-state index contributed by atoms with van der Waals surface area (Å²) in [5.74, 6) is 0.231. The molecule has 0 atom stereocenters. The zero-order valence-corrected chi connectivity index (χ0v) is 8.04. The minimum atomic E-state index is 0.231. The number of thioether (sulfide) groups is 1. The molecule has 0 unspecified atom stereocenters. The topological polar surface area (TPSA) is 37.3 Å². The van der Waals surface area contributed by atoms with E-state index in [0.717, 1.165) is 11.8 Å². The standard InChI is InChI=1S/C10H10O2S/c1-13-10(7-11)6-8-2-4-9(12)5-3-8/h2-7,12H,1H3/b10-6-. The predicted molar refractivity (Wildman–Crippen MR) is 55.7 cm³/mol. The lowest BCUT2D eigenvalue weighted by atomic mass is 10.2. The average Bonchev–Trinajstić information content (AvgIpc) is 2.17. The Morgan fingerprint density at radius 1 is 1.38 bits per heavy atom. The minimum Gasteiger partial charge on any atom is -0.508 e.